The zero-order valence-corrected chi connectivity index (χ0v) is 16.4. The highest BCUT2D eigenvalue weighted by Crippen LogP contribution is 2.40. The molecule has 0 aromatic carbocycles. The molecule has 7 nitrogen and oxygen atoms in total. The van der Waals surface area contributed by atoms with Crippen LogP contribution in [0.25, 0.3) is 0 Å². The summed E-state index contributed by atoms with van der Waals surface area (Å²) in [5.74, 6) is 1.31. The van der Waals surface area contributed by atoms with Gasteiger partial charge in [0, 0.05) is 44.1 Å². The van der Waals surface area contributed by atoms with Gasteiger partial charge < -0.3 is 19.5 Å². The fraction of sp³-hybridized carbons (Fsp3) is 0.750. The number of amides is 2. The lowest BCUT2D eigenvalue weighted by Gasteiger charge is -2.36. The standard InChI is InChI=1S/C20H31N3O4/c1-3-4-19(24)21-15-7-9-16(10-8-15)23(11-12-26-2)20(25)17-13-18(27-22-17)14-5-6-14/h13-16H,3-12H2,1-2H3,(H,21,24)/t15-,16-. The maximum atomic E-state index is 13.0. The average Bonchev–Trinajstić information content (AvgIpc) is 3.40. The van der Waals surface area contributed by atoms with E-state index >= 15 is 0 Å². The van der Waals surface area contributed by atoms with E-state index < -0.39 is 0 Å². The van der Waals surface area contributed by atoms with Crippen molar-refractivity contribution >= 4 is 11.8 Å². The maximum absolute atomic E-state index is 13.0. The van der Waals surface area contributed by atoms with Gasteiger partial charge in [-0.05, 0) is 44.9 Å². The number of ether oxygens (including phenoxy) is 1. The molecule has 150 valence electrons. The van der Waals surface area contributed by atoms with Crippen molar-refractivity contribution in [1.29, 1.82) is 0 Å². The molecular formula is C20H31N3O4. The molecule has 1 N–H and O–H groups in total. The van der Waals surface area contributed by atoms with Crippen LogP contribution in [0.5, 0.6) is 0 Å². The first-order valence-electron chi connectivity index (χ1n) is 10.2. The summed E-state index contributed by atoms with van der Waals surface area (Å²) in [6, 6.07) is 2.16. The summed E-state index contributed by atoms with van der Waals surface area (Å²) in [4.78, 5) is 26.7. The molecule has 0 atom stereocenters. The van der Waals surface area contributed by atoms with Crippen molar-refractivity contribution < 1.29 is 18.8 Å². The number of carbonyl (C=O) groups is 2. The third kappa shape index (κ3) is 5.31. The number of nitrogens with zero attached hydrogens (tertiary/aromatic N) is 2. The molecule has 0 radical (unpaired) electrons. The molecular weight excluding hydrogens is 346 g/mol. The summed E-state index contributed by atoms with van der Waals surface area (Å²) in [6.45, 7) is 3.04. The minimum Gasteiger partial charge on any atom is -0.383 e. The fourth-order valence-electron chi connectivity index (χ4n) is 3.80. The smallest absolute Gasteiger partial charge is 0.276 e. The van der Waals surface area contributed by atoms with Crippen LogP contribution in [0.1, 0.15) is 80.5 Å². The van der Waals surface area contributed by atoms with Gasteiger partial charge in [0.15, 0.2) is 5.69 Å². The van der Waals surface area contributed by atoms with Crippen molar-refractivity contribution in [3.05, 3.63) is 17.5 Å². The number of methoxy groups -OCH3 is 1. The molecule has 0 aliphatic heterocycles. The van der Waals surface area contributed by atoms with Crippen LogP contribution in [0, 0.1) is 0 Å². The number of nitrogens with one attached hydrogen (secondary N) is 1. The van der Waals surface area contributed by atoms with Gasteiger partial charge in [-0.3, -0.25) is 9.59 Å². The van der Waals surface area contributed by atoms with Gasteiger partial charge in [-0.25, -0.2) is 0 Å². The Morgan fingerprint density at radius 2 is 2.00 bits per heavy atom. The van der Waals surface area contributed by atoms with Gasteiger partial charge in [-0.15, -0.1) is 0 Å². The summed E-state index contributed by atoms with van der Waals surface area (Å²) in [7, 11) is 1.64. The zero-order valence-electron chi connectivity index (χ0n) is 16.4. The van der Waals surface area contributed by atoms with Crippen LogP contribution in [-0.4, -0.2) is 54.2 Å². The largest absolute Gasteiger partial charge is 0.383 e. The molecule has 0 unspecified atom stereocenters. The molecule has 1 aromatic rings. The molecule has 2 aliphatic rings. The van der Waals surface area contributed by atoms with Gasteiger partial charge in [-0.1, -0.05) is 12.1 Å². The number of aromatic nitrogens is 1. The van der Waals surface area contributed by atoms with Crippen molar-refractivity contribution in [2.75, 3.05) is 20.3 Å². The summed E-state index contributed by atoms with van der Waals surface area (Å²) < 4.78 is 10.6. The number of carbonyl (C=O) groups excluding carboxylic acids is 2. The second-order valence-corrected chi connectivity index (χ2v) is 7.70. The molecule has 2 aliphatic carbocycles. The average molecular weight is 377 g/mol. The predicted octanol–water partition coefficient (Wildman–Crippen LogP) is 2.87. The molecule has 0 spiro atoms. The van der Waals surface area contributed by atoms with Crippen LogP contribution in [-0.2, 0) is 9.53 Å². The Kier molecular flexibility index (Phi) is 6.88. The molecule has 0 saturated heterocycles. The Bertz CT molecular complexity index is 633. The lowest BCUT2D eigenvalue weighted by atomic mass is 9.89. The summed E-state index contributed by atoms with van der Waals surface area (Å²) in [5, 5.41) is 7.12. The van der Waals surface area contributed by atoms with E-state index in [0.717, 1.165) is 50.7 Å². The van der Waals surface area contributed by atoms with E-state index in [2.05, 4.69) is 10.5 Å². The van der Waals surface area contributed by atoms with Crippen molar-refractivity contribution in [2.24, 2.45) is 0 Å². The second kappa shape index (κ2) is 9.35. The normalized spacial score (nSPS) is 22.4. The van der Waals surface area contributed by atoms with E-state index in [0.29, 0.717) is 31.2 Å². The molecule has 2 saturated carbocycles. The van der Waals surface area contributed by atoms with Crippen molar-refractivity contribution in [3.63, 3.8) is 0 Å². The van der Waals surface area contributed by atoms with Gasteiger partial charge in [0.05, 0.1) is 6.61 Å². The molecule has 2 fully saturated rings. The van der Waals surface area contributed by atoms with E-state index in [4.69, 9.17) is 9.26 Å². The first kappa shape index (κ1) is 19.9. The SMILES string of the molecule is CCCC(=O)N[C@H]1CC[C@H](N(CCOC)C(=O)c2cc(C3CC3)on2)CC1. The molecule has 1 heterocycles. The van der Waals surface area contributed by atoms with E-state index in [1.54, 1.807) is 13.2 Å². The van der Waals surface area contributed by atoms with Crippen LogP contribution < -0.4 is 5.32 Å². The molecule has 0 bridgehead atoms. The third-order valence-electron chi connectivity index (χ3n) is 5.50. The Morgan fingerprint density at radius 3 is 2.63 bits per heavy atom. The quantitative estimate of drug-likeness (QED) is 0.715. The van der Waals surface area contributed by atoms with Crippen LogP contribution in [0.15, 0.2) is 10.6 Å². The Balaban J connectivity index is 1.59. The monoisotopic (exact) mass is 377 g/mol. The molecule has 2 amide bonds. The van der Waals surface area contributed by atoms with Gasteiger partial charge in [-0.2, -0.15) is 0 Å². The molecule has 7 heteroatoms. The van der Waals surface area contributed by atoms with Crippen molar-refractivity contribution in [1.82, 2.24) is 15.4 Å². The summed E-state index contributed by atoms with van der Waals surface area (Å²) in [6.07, 6.45) is 7.20. The van der Waals surface area contributed by atoms with Crippen LogP contribution in [0.2, 0.25) is 0 Å². The number of hydrogen-bond donors (Lipinski definition) is 1. The van der Waals surface area contributed by atoms with Gasteiger partial charge in [0.25, 0.3) is 5.91 Å². The molecule has 1 aromatic heterocycles. The Labute approximate surface area is 160 Å². The van der Waals surface area contributed by atoms with E-state index in [1.165, 1.54) is 0 Å². The topological polar surface area (TPSA) is 84.7 Å². The number of rotatable bonds is 9. The first-order chi connectivity index (χ1) is 13.1. The predicted molar refractivity (Wildman–Crippen MR) is 100 cm³/mol. The molecule has 27 heavy (non-hydrogen) atoms. The molecule has 3 rings (SSSR count). The third-order valence-corrected chi connectivity index (χ3v) is 5.50. The van der Waals surface area contributed by atoms with Crippen molar-refractivity contribution in [2.45, 2.75) is 76.3 Å². The van der Waals surface area contributed by atoms with E-state index in [1.807, 2.05) is 11.8 Å². The lowest BCUT2D eigenvalue weighted by Crippen LogP contribution is -2.47. The highest BCUT2D eigenvalue weighted by atomic mass is 16.5. The van der Waals surface area contributed by atoms with Gasteiger partial charge >= 0.3 is 0 Å². The summed E-state index contributed by atoms with van der Waals surface area (Å²) >= 11 is 0. The van der Waals surface area contributed by atoms with Gasteiger partial charge in [0.1, 0.15) is 5.76 Å². The lowest BCUT2D eigenvalue weighted by molar-refractivity contribution is -0.122. The van der Waals surface area contributed by atoms with Crippen molar-refractivity contribution in [3.8, 4) is 0 Å². The first-order valence-corrected chi connectivity index (χ1v) is 10.2. The fourth-order valence-corrected chi connectivity index (χ4v) is 3.80. The number of hydrogen-bond acceptors (Lipinski definition) is 5. The highest BCUT2D eigenvalue weighted by Gasteiger charge is 2.33. The van der Waals surface area contributed by atoms with E-state index in [-0.39, 0.29) is 23.9 Å². The highest BCUT2D eigenvalue weighted by molar-refractivity contribution is 5.92. The minimum absolute atomic E-state index is 0.0823. The van der Waals surface area contributed by atoms with Gasteiger partial charge in [0.2, 0.25) is 5.91 Å². The van der Waals surface area contributed by atoms with E-state index in [9.17, 15) is 9.59 Å². The van der Waals surface area contributed by atoms with Crippen LogP contribution in [0.3, 0.4) is 0 Å². The Hall–Kier alpha value is -1.89. The zero-order chi connectivity index (χ0) is 19.2. The Morgan fingerprint density at radius 1 is 1.26 bits per heavy atom. The minimum atomic E-state index is -0.0823. The second-order valence-electron chi connectivity index (χ2n) is 7.70. The summed E-state index contributed by atoms with van der Waals surface area (Å²) in [5.41, 5.74) is 0.395. The maximum Gasteiger partial charge on any atom is 0.276 e. The van der Waals surface area contributed by atoms with Crippen LogP contribution >= 0.6 is 0 Å². The van der Waals surface area contributed by atoms with Crippen LogP contribution in [0.4, 0.5) is 0 Å².